The van der Waals surface area contributed by atoms with E-state index in [2.05, 4.69) is 25.9 Å². The van der Waals surface area contributed by atoms with Gasteiger partial charge in [-0.3, -0.25) is 4.79 Å². The van der Waals surface area contributed by atoms with Gasteiger partial charge in [0.25, 0.3) is 0 Å². The highest BCUT2D eigenvalue weighted by molar-refractivity contribution is 5.78. The maximum atomic E-state index is 11.6. The lowest BCUT2D eigenvalue weighted by molar-refractivity contribution is -0.127. The van der Waals surface area contributed by atoms with E-state index >= 15 is 0 Å². The molecular weight excluding hydrogens is 282 g/mol. The number of hydrogen-bond donors (Lipinski definition) is 2. The average molecular weight is 297 g/mol. The zero-order valence-corrected chi connectivity index (χ0v) is 12.2. The predicted octanol–water partition coefficient (Wildman–Crippen LogP) is 0.807. The summed E-state index contributed by atoms with van der Waals surface area (Å²) in [5.74, 6) is 0.271. The number of likely N-dealkylation sites (N-methyl/N-ethyl adjacent to an activating group) is 1. The molecule has 0 radical (unpaired) electrons. The van der Waals surface area contributed by atoms with Gasteiger partial charge < -0.3 is 10.2 Å². The quantitative estimate of drug-likeness (QED) is 0.790. The zero-order valence-electron chi connectivity index (χ0n) is 12.2. The molecule has 0 unspecified atom stereocenters. The highest BCUT2D eigenvalue weighted by atomic mass is 16.2. The molecule has 1 heterocycles. The summed E-state index contributed by atoms with van der Waals surface area (Å²) in [6, 6.07) is 9.37. The number of rotatable bonds is 5. The van der Waals surface area contributed by atoms with Crippen LogP contribution in [0.1, 0.15) is 11.4 Å². The van der Waals surface area contributed by atoms with Crippen LogP contribution in [0.25, 0.3) is 5.57 Å². The molecule has 22 heavy (non-hydrogen) atoms. The van der Waals surface area contributed by atoms with E-state index in [0.29, 0.717) is 6.42 Å². The molecule has 0 saturated heterocycles. The van der Waals surface area contributed by atoms with Crippen LogP contribution in [-0.2, 0) is 11.2 Å². The molecule has 112 valence electrons. The molecule has 2 aromatic rings. The van der Waals surface area contributed by atoms with E-state index in [1.165, 1.54) is 6.20 Å². The van der Waals surface area contributed by atoms with E-state index in [-0.39, 0.29) is 17.3 Å². The molecule has 1 aromatic carbocycles. The summed E-state index contributed by atoms with van der Waals surface area (Å²) in [6.45, 7) is 0. The lowest BCUT2D eigenvalue weighted by Crippen LogP contribution is -2.23. The molecule has 0 bridgehead atoms. The summed E-state index contributed by atoms with van der Waals surface area (Å²) in [5.41, 5.74) is 1.98. The van der Waals surface area contributed by atoms with E-state index in [9.17, 15) is 4.79 Å². The third-order valence-corrected chi connectivity index (χ3v) is 2.90. The van der Waals surface area contributed by atoms with Crippen LogP contribution in [0.3, 0.4) is 0 Å². The Morgan fingerprint density at radius 2 is 2.14 bits per heavy atom. The van der Waals surface area contributed by atoms with Crippen molar-refractivity contribution >= 4 is 17.2 Å². The summed E-state index contributed by atoms with van der Waals surface area (Å²) in [7, 11) is 3.45. The summed E-state index contributed by atoms with van der Waals surface area (Å²) < 4.78 is 0. The van der Waals surface area contributed by atoms with Crippen molar-refractivity contribution in [2.45, 2.75) is 6.42 Å². The molecular formula is C14H15N7O. The molecule has 0 aliphatic heterocycles. The minimum Gasteiger partial charge on any atom is -0.360 e. The second-order valence-electron chi connectivity index (χ2n) is 4.71. The number of aromatic amines is 1. The number of carbonyl (C=O) groups excluding carboxylic acids is 1. The van der Waals surface area contributed by atoms with Gasteiger partial charge in [-0.05, 0) is 22.9 Å². The van der Waals surface area contributed by atoms with Crippen LogP contribution in [-0.4, -0.2) is 45.5 Å². The zero-order chi connectivity index (χ0) is 15.9. The number of amides is 1. The van der Waals surface area contributed by atoms with E-state index in [1.807, 2.05) is 30.3 Å². The van der Waals surface area contributed by atoms with Crippen LogP contribution in [0.4, 0.5) is 5.69 Å². The third-order valence-electron chi connectivity index (χ3n) is 2.90. The Hall–Kier alpha value is -3.21. The van der Waals surface area contributed by atoms with Gasteiger partial charge in [0.1, 0.15) is 11.6 Å². The van der Waals surface area contributed by atoms with Gasteiger partial charge in [-0.1, -0.05) is 12.1 Å². The van der Waals surface area contributed by atoms with Gasteiger partial charge in [-0.15, -0.1) is 10.2 Å². The SMILES string of the molecule is CN(C)C(=O)Cc1ccc(NC=C(C#N)c2nn[nH]n2)cc1. The molecule has 0 aliphatic rings. The van der Waals surface area contributed by atoms with E-state index in [1.54, 1.807) is 19.0 Å². The van der Waals surface area contributed by atoms with Gasteiger partial charge in [0.15, 0.2) is 0 Å². The first-order valence-electron chi connectivity index (χ1n) is 6.50. The lowest BCUT2D eigenvalue weighted by Gasteiger charge is -2.10. The number of nitrogens with zero attached hydrogens (tertiary/aromatic N) is 5. The Bertz CT molecular complexity index is 696. The smallest absolute Gasteiger partial charge is 0.226 e. The number of nitriles is 1. The van der Waals surface area contributed by atoms with Gasteiger partial charge in [0, 0.05) is 26.0 Å². The second-order valence-corrected chi connectivity index (χ2v) is 4.71. The molecule has 1 aromatic heterocycles. The van der Waals surface area contributed by atoms with Gasteiger partial charge in [0.05, 0.1) is 6.42 Å². The molecule has 1 amide bonds. The number of hydrogen-bond acceptors (Lipinski definition) is 6. The second kappa shape index (κ2) is 6.99. The highest BCUT2D eigenvalue weighted by Crippen LogP contribution is 2.13. The highest BCUT2D eigenvalue weighted by Gasteiger charge is 2.06. The van der Waals surface area contributed by atoms with Crippen LogP contribution < -0.4 is 5.32 Å². The molecule has 8 nitrogen and oxygen atoms in total. The first kappa shape index (κ1) is 15.2. The van der Waals surface area contributed by atoms with E-state index < -0.39 is 0 Å². The van der Waals surface area contributed by atoms with Crippen molar-refractivity contribution in [2.24, 2.45) is 0 Å². The number of allylic oxidation sites excluding steroid dienone is 1. The largest absolute Gasteiger partial charge is 0.360 e. The average Bonchev–Trinajstić information content (AvgIpc) is 3.03. The Morgan fingerprint density at radius 1 is 1.41 bits per heavy atom. The first-order valence-corrected chi connectivity index (χ1v) is 6.50. The molecule has 0 aliphatic carbocycles. The first-order chi connectivity index (χ1) is 10.6. The molecule has 2 N–H and O–H groups in total. The van der Waals surface area contributed by atoms with Crippen molar-refractivity contribution in [1.29, 1.82) is 5.26 Å². The maximum absolute atomic E-state index is 11.6. The van der Waals surface area contributed by atoms with E-state index in [4.69, 9.17) is 5.26 Å². The third kappa shape index (κ3) is 3.89. The minimum atomic E-state index is 0.0458. The Labute approximate surface area is 127 Å². The summed E-state index contributed by atoms with van der Waals surface area (Å²) in [4.78, 5) is 13.2. The number of benzene rings is 1. The lowest BCUT2D eigenvalue weighted by atomic mass is 10.1. The molecule has 2 rings (SSSR count). The fourth-order valence-corrected chi connectivity index (χ4v) is 1.63. The van der Waals surface area contributed by atoms with Crippen molar-refractivity contribution < 1.29 is 4.79 Å². The normalized spacial score (nSPS) is 10.9. The minimum absolute atomic E-state index is 0.0458. The van der Waals surface area contributed by atoms with Crippen molar-refractivity contribution in [3.63, 3.8) is 0 Å². The fourth-order valence-electron chi connectivity index (χ4n) is 1.63. The van der Waals surface area contributed by atoms with Gasteiger partial charge in [-0.25, -0.2) is 0 Å². The van der Waals surface area contributed by atoms with Crippen LogP contribution in [0.15, 0.2) is 30.5 Å². The summed E-state index contributed by atoms with van der Waals surface area (Å²) in [6.07, 6.45) is 1.86. The van der Waals surface area contributed by atoms with Crippen molar-refractivity contribution in [3.05, 3.63) is 41.9 Å². The molecule has 0 fully saturated rings. The molecule has 0 atom stereocenters. The van der Waals surface area contributed by atoms with Gasteiger partial charge >= 0.3 is 0 Å². The predicted molar refractivity (Wildman–Crippen MR) is 80.2 cm³/mol. The summed E-state index contributed by atoms with van der Waals surface area (Å²) in [5, 5.41) is 25.2. The number of H-pyrrole nitrogens is 1. The fraction of sp³-hybridized carbons (Fsp3) is 0.214. The van der Waals surface area contributed by atoms with Crippen LogP contribution in [0.2, 0.25) is 0 Å². The van der Waals surface area contributed by atoms with Crippen LogP contribution >= 0.6 is 0 Å². The number of carbonyl (C=O) groups is 1. The topological polar surface area (TPSA) is 111 Å². The monoisotopic (exact) mass is 297 g/mol. The van der Waals surface area contributed by atoms with Crippen LogP contribution in [0, 0.1) is 11.3 Å². The number of tetrazole rings is 1. The van der Waals surface area contributed by atoms with Crippen molar-refractivity contribution in [1.82, 2.24) is 25.5 Å². The standard InChI is InChI=1S/C14H15N7O/c1-21(2)13(22)7-10-3-5-12(6-4-10)16-9-11(8-15)14-17-19-20-18-14/h3-6,9,16H,7H2,1-2H3,(H,17,18,19,20). The van der Waals surface area contributed by atoms with Gasteiger partial charge in [-0.2, -0.15) is 10.5 Å². The van der Waals surface area contributed by atoms with Crippen molar-refractivity contribution in [2.75, 3.05) is 19.4 Å². The number of aromatic nitrogens is 4. The summed E-state index contributed by atoms with van der Waals surface area (Å²) >= 11 is 0. The van der Waals surface area contributed by atoms with Crippen molar-refractivity contribution in [3.8, 4) is 6.07 Å². The van der Waals surface area contributed by atoms with E-state index in [0.717, 1.165) is 11.3 Å². The van der Waals surface area contributed by atoms with Crippen LogP contribution in [0.5, 0.6) is 0 Å². The molecule has 8 heteroatoms. The number of anilines is 1. The Morgan fingerprint density at radius 3 is 2.68 bits per heavy atom. The number of nitrogens with one attached hydrogen (secondary N) is 2. The Kier molecular flexibility index (Phi) is 4.82. The Balaban J connectivity index is 2.02. The molecule has 0 spiro atoms. The van der Waals surface area contributed by atoms with Gasteiger partial charge in [0.2, 0.25) is 11.7 Å². The molecule has 0 saturated carbocycles. The maximum Gasteiger partial charge on any atom is 0.226 e.